The molecule has 3 rings (SSSR count). The van der Waals surface area contributed by atoms with E-state index in [1.54, 1.807) is 6.33 Å². The number of aryl methyl sites for hydroxylation is 2. The van der Waals surface area contributed by atoms with Gasteiger partial charge in [0, 0.05) is 14.3 Å². The summed E-state index contributed by atoms with van der Waals surface area (Å²) in [6.07, 6.45) is 1.59. The van der Waals surface area contributed by atoms with Crippen LogP contribution in [0.5, 0.6) is 0 Å². The number of aromatic nitrogens is 2. The smallest absolute Gasteiger partial charge is 0.141 e. The molecule has 0 spiro atoms. The summed E-state index contributed by atoms with van der Waals surface area (Å²) in [5.74, 6) is 0.807. The highest BCUT2D eigenvalue weighted by Gasteiger charge is 2.08. The maximum atomic E-state index is 4.39. The highest BCUT2D eigenvalue weighted by molar-refractivity contribution is 9.11. The third-order valence-corrected chi connectivity index (χ3v) is 4.62. The van der Waals surface area contributed by atoms with Crippen LogP contribution in [0, 0.1) is 13.8 Å². The Balaban J connectivity index is 2.12. The van der Waals surface area contributed by atoms with Gasteiger partial charge in [0.15, 0.2) is 0 Å². The fraction of sp³-hybridized carbons (Fsp3) is 0.125. The van der Waals surface area contributed by atoms with Gasteiger partial charge in [-0.25, -0.2) is 9.97 Å². The molecule has 2 aromatic carbocycles. The number of hydrogen-bond acceptors (Lipinski definition) is 3. The molecule has 0 saturated carbocycles. The lowest BCUT2D eigenvalue weighted by molar-refractivity contribution is 1.21. The van der Waals surface area contributed by atoms with Crippen molar-refractivity contribution in [2.75, 3.05) is 5.32 Å². The number of nitrogens with one attached hydrogen (secondary N) is 1. The van der Waals surface area contributed by atoms with Gasteiger partial charge in [-0.15, -0.1) is 0 Å². The molecule has 1 heterocycles. The Morgan fingerprint density at radius 1 is 0.952 bits per heavy atom. The minimum absolute atomic E-state index is 0.807. The quantitative estimate of drug-likeness (QED) is 0.609. The van der Waals surface area contributed by atoms with Crippen LogP contribution >= 0.6 is 31.9 Å². The second-order valence-corrected chi connectivity index (χ2v) is 6.70. The summed E-state index contributed by atoms with van der Waals surface area (Å²) < 4.78 is 2.00. The van der Waals surface area contributed by atoms with E-state index in [9.17, 15) is 0 Å². The van der Waals surface area contributed by atoms with E-state index in [1.165, 1.54) is 11.1 Å². The predicted molar refractivity (Wildman–Crippen MR) is 94.1 cm³/mol. The lowest BCUT2D eigenvalue weighted by Crippen LogP contribution is -1.97. The average molecular weight is 407 g/mol. The Morgan fingerprint density at radius 2 is 1.71 bits per heavy atom. The zero-order valence-corrected chi connectivity index (χ0v) is 14.8. The monoisotopic (exact) mass is 405 g/mol. The molecular formula is C16H13Br2N3. The lowest BCUT2D eigenvalue weighted by Gasteiger charge is -2.11. The van der Waals surface area contributed by atoms with Crippen molar-refractivity contribution in [3.05, 3.63) is 56.7 Å². The fourth-order valence-electron chi connectivity index (χ4n) is 2.14. The topological polar surface area (TPSA) is 37.8 Å². The standard InChI is InChI=1S/C16H13Br2N3/c1-9-5-12-14(6-10(9)2)19-8-20-16(12)21-15-7-11(17)3-4-13(15)18/h3-8H,1-2H3,(H,19,20,21). The van der Waals surface area contributed by atoms with Gasteiger partial charge < -0.3 is 5.32 Å². The van der Waals surface area contributed by atoms with Crippen LogP contribution in [0.4, 0.5) is 11.5 Å². The second-order valence-electron chi connectivity index (χ2n) is 4.93. The zero-order chi connectivity index (χ0) is 15.0. The van der Waals surface area contributed by atoms with Gasteiger partial charge >= 0.3 is 0 Å². The van der Waals surface area contributed by atoms with E-state index < -0.39 is 0 Å². The molecule has 1 aromatic heterocycles. The molecule has 3 aromatic rings. The highest BCUT2D eigenvalue weighted by atomic mass is 79.9. The number of benzene rings is 2. The molecule has 0 saturated heterocycles. The Morgan fingerprint density at radius 3 is 2.52 bits per heavy atom. The third-order valence-electron chi connectivity index (χ3n) is 3.43. The van der Waals surface area contributed by atoms with E-state index >= 15 is 0 Å². The summed E-state index contributed by atoms with van der Waals surface area (Å²) in [5, 5.41) is 4.40. The molecule has 3 nitrogen and oxygen atoms in total. The van der Waals surface area contributed by atoms with Gasteiger partial charge in [0.05, 0.1) is 11.2 Å². The highest BCUT2D eigenvalue weighted by Crippen LogP contribution is 2.31. The Labute approximate surface area is 140 Å². The molecule has 0 aliphatic heterocycles. The molecule has 1 N–H and O–H groups in total. The van der Waals surface area contributed by atoms with Gasteiger partial charge in [-0.3, -0.25) is 0 Å². The SMILES string of the molecule is Cc1cc2ncnc(Nc3cc(Br)ccc3Br)c2cc1C. The van der Waals surface area contributed by atoms with Crippen LogP contribution in [-0.2, 0) is 0 Å². The molecule has 0 amide bonds. The first-order valence-corrected chi connectivity index (χ1v) is 8.07. The largest absolute Gasteiger partial charge is 0.339 e. The molecule has 21 heavy (non-hydrogen) atoms. The molecule has 0 radical (unpaired) electrons. The van der Waals surface area contributed by atoms with Crippen LogP contribution in [0.2, 0.25) is 0 Å². The molecule has 106 valence electrons. The van der Waals surface area contributed by atoms with Crippen LogP contribution in [0.1, 0.15) is 11.1 Å². The van der Waals surface area contributed by atoms with Crippen molar-refractivity contribution in [3.8, 4) is 0 Å². The lowest BCUT2D eigenvalue weighted by atomic mass is 10.1. The molecule has 0 fully saturated rings. The number of anilines is 2. The van der Waals surface area contributed by atoms with Crippen molar-refractivity contribution in [2.45, 2.75) is 13.8 Å². The first-order valence-electron chi connectivity index (χ1n) is 6.48. The van der Waals surface area contributed by atoms with E-state index in [-0.39, 0.29) is 0 Å². The van der Waals surface area contributed by atoms with Crippen molar-refractivity contribution >= 4 is 54.3 Å². The normalized spacial score (nSPS) is 10.9. The molecular weight excluding hydrogens is 394 g/mol. The van der Waals surface area contributed by atoms with E-state index in [0.717, 1.165) is 31.4 Å². The van der Waals surface area contributed by atoms with Gasteiger partial charge in [-0.05, 0) is 71.2 Å². The maximum absolute atomic E-state index is 4.39. The van der Waals surface area contributed by atoms with Crippen LogP contribution < -0.4 is 5.32 Å². The molecule has 5 heteroatoms. The summed E-state index contributed by atoms with van der Waals surface area (Å²) in [5.41, 5.74) is 4.37. The summed E-state index contributed by atoms with van der Waals surface area (Å²) in [4.78, 5) is 8.74. The molecule has 0 aliphatic carbocycles. The number of hydrogen-bond donors (Lipinski definition) is 1. The van der Waals surface area contributed by atoms with Crippen molar-refractivity contribution in [1.29, 1.82) is 0 Å². The van der Waals surface area contributed by atoms with Crippen molar-refractivity contribution in [2.24, 2.45) is 0 Å². The van der Waals surface area contributed by atoms with Crippen LogP contribution in [0.15, 0.2) is 45.6 Å². The number of nitrogens with zero attached hydrogens (tertiary/aromatic N) is 2. The van der Waals surface area contributed by atoms with Gasteiger partial charge in [0.2, 0.25) is 0 Å². The zero-order valence-electron chi connectivity index (χ0n) is 11.6. The maximum Gasteiger partial charge on any atom is 0.141 e. The van der Waals surface area contributed by atoms with Crippen molar-refractivity contribution < 1.29 is 0 Å². The van der Waals surface area contributed by atoms with E-state index in [4.69, 9.17) is 0 Å². The molecule has 0 unspecified atom stereocenters. The molecule has 0 bridgehead atoms. The van der Waals surface area contributed by atoms with Crippen LogP contribution in [0.25, 0.3) is 10.9 Å². The average Bonchev–Trinajstić information content (AvgIpc) is 2.45. The predicted octanol–water partition coefficient (Wildman–Crippen LogP) is 5.52. The van der Waals surface area contributed by atoms with Crippen LogP contribution in [0.3, 0.4) is 0 Å². The van der Waals surface area contributed by atoms with Gasteiger partial charge in [-0.2, -0.15) is 0 Å². The first-order chi connectivity index (χ1) is 10.0. The van der Waals surface area contributed by atoms with Crippen molar-refractivity contribution in [1.82, 2.24) is 9.97 Å². The summed E-state index contributed by atoms with van der Waals surface area (Å²) in [6.45, 7) is 4.19. The molecule has 0 atom stereocenters. The number of halogens is 2. The van der Waals surface area contributed by atoms with Gasteiger partial charge in [0.25, 0.3) is 0 Å². The van der Waals surface area contributed by atoms with E-state index in [1.807, 2.05) is 18.2 Å². The minimum atomic E-state index is 0.807. The van der Waals surface area contributed by atoms with Gasteiger partial charge in [0.1, 0.15) is 12.1 Å². The number of fused-ring (bicyclic) bond motifs is 1. The Hall–Kier alpha value is -1.46. The summed E-state index contributed by atoms with van der Waals surface area (Å²) in [7, 11) is 0. The summed E-state index contributed by atoms with van der Waals surface area (Å²) >= 11 is 7.04. The number of rotatable bonds is 2. The first kappa shape index (κ1) is 14.5. The Bertz CT molecular complexity index is 831. The van der Waals surface area contributed by atoms with E-state index in [0.29, 0.717) is 0 Å². The van der Waals surface area contributed by atoms with Crippen LogP contribution in [-0.4, -0.2) is 9.97 Å². The fourth-order valence-corrected chi connectivity index (χ4v) is 2.84. The Kier molecular flexibility index (Phi) is 3.95. The third kappa shape index (κ3) is 2.94. The van der Waals surface area contributed by atoms with E-state index in [2.05, 4.69) is 73.1 Å². The van der Waals surface area contributed by atoms with Crippen molar-refractivity contribution in [3.63, 3.8) is 0 Å². The second kappa shape index (κ2) is 5.73. The summed E-state index contributed by atoms with van der Waals surface area (Å²) in [6, 6.07) is 10.2. The minimum Gasteiger partial charge on any atom is -0.339 e. The molecule has 0 aliphatic rings. The van der Waals surface area contributed by atoms with Gasteiger partial charge in [-0.1, -0.05) is 15.9 Å².